The maximum Gasteiger partial charge on any atom is 0.221 e. The van der Waals surface area contributed by atoms with Gasteiger partial charge in [-0.15, -0.1) is 0 Å². The van der Waals surface area contributed by atoms with E-state index in [1.54, 1.807) is 0 Å². The van der Waals surface area contributed by atoms with E-state index in [9.17, 15) is 4.79 Å². The summed E-state index contributed by atoms with van der Waals surface area (Å²) in [7, 11) is 2.19. The van der Waals surface area contributed by atoms with Crippen LogP contribution in [0.5, 0.6) is 0 Å². The summed E-state index contributed by atoms with van der Waals surface area (Å²) < 4.78 is 0. The molecule has 0 saturated carbocycles. The molecule has 1 aliphatic rings. The number of carbonyl (C=O) groups is 1. The molecule has 104 valence electrons. The molecule has 4 heteroatoms. The zero-order valence-electron chi connectivity index (χ0n) is 11.8. The first-order valence-corrected chi connectivity index (χ1v) is 6.96. The summed E-state index contributed by atoms with van der Waals surface area (Å²) in [4.78, 5) is 13.3. The van der Waals surface area contributed by atoms with Crippen LogP contribution in [0, 0.1) is 0 Å². The smallest absolute Gasteiger partial charge is 0.221 e. The van der Waals surface area contributed by atoms with E-state index in [-0.39, 0.29) is 5.91 Å². The molecule has 1 aromatic rings. The second kappa shape index (κ2) is 6.57. The molecule has 1 unspecified atom stereocenters. The van der Waals surface area contributed by atoms with Gasteiger partial charge in [-0.3, -0.25) is 4.79 Å². The van der Waals surface area contributed by atoms with Gasteiger partial charge in [0.2, 0.25) is 5.91 Å². The number of rotatable bonds is 3. The summed E-state index contributed by atoms with van der Waals surface area (Å²) in [6.07, 6.45) is 3.65. The number of amides is 1. The van der Waals surface area contributed by atoms with Gasteiger partial charge in [-0.1, -0.05) is 0 Å². The standard InChI is InChI=1S/C15H23N3O/c1-12(19)16-14-5-7-15(8-6-14)17-13-4-3-10-18(2)11-9-13/h5-8,13,17H,3-4,9-11H2,1-2H3,(H,16,19). The molecule has 0 spiro atoms. The summed E-state index contributed by atoms with van der Waals surface area (Å²) in [5, 5.41) is 6.36. The van der Waals surface area contributed by atoms with Crippen molar-refractivity contribution in [3.63, 3.8) is 0 Å². The Labute approximate surface area is 115 Å². The quantitative estimate of drug-likeness (QED) is 0.879. The van der Waals surface area contributed by atoms with E-state index in [1.807, 2.05) is 24.3 Å². The molecule has 4 nitrogen and oxygen atoms in total. The number of nitrogens with zero attached hydrogens (tertiary/aromatic N) is 1. The van der Waals surface area contributed by atoms with Crippen LogP contribution in [0.25, 0.3) is 0 Å². The number of nitrogens with one attached hydrogen (secondary N) is 2. The Morgan fingerprint density at radius 2 is 1.84 bits per heavy atom. The predicted octanol–water partition coefficient (Wildman–Crippen LogP) is 2.54. The van der Waals surface area contributed by atoms with Crippen molar-refractivity contribution in [1.82, 2.24) is 4.90 Å². The minimum Gasteiger partial charge on any atom is -0.382 e. The maximum absolute atomic E-state index is 11.0. The number of likely N-dealkylation sites (tertiary alicyclic amines) is 1. The summed E-state index contributed by atoms with van der Waals surface area (Å²) in [5.74, 6) is -0.0347. The highest BCUT2D eigenvalue weighted by molar-refractivity contribution is 5.88. The number of anilines is 2. The zero-order chi connectivity index (χ0) is 13.7. The Bertz CT molecular complexity index is 416. The third kappa shape index (κ3) is 4.56. The molecule has 0 radical (unpaired) electrons. The molecule has 1 aliphatic heterocycles. The molecule has 0 aliphatic carbocycles. The highest BCUT2D eigenvalue weighted by atomic mass is 16.1. The lowest BCUT2D eigenvalue weighted by atomic mass is 10.1. The van der Waals surface area contributed by atoms with E-state index in [4.69, 9.17) is 0 Å². The van der Waals surface area contributed by atoms with Crippen molar-refractivity contribution in [3.05, 3.63) is 24.3 Å². The third-order valence-corrected chi connectivity index (χ3v) is 3.53. The van der Waals surface area contributed by atoms with Gasteiger partial charge in [0.15, 0.2) is 0 Å². The fourth-order valence-electron chi connectivity index (χ4n) is 2.47. The zero-order valence-corrected chi connectivity index (χ0v) is 11.8. The van der Waals surface area contributed by atoms with Crippen LogP contribution >= 0.6 is 0 Å². The highest BCUT2D eigenvalue weighted by Crippen LogP contribution is 2.18. The fourth-order valence-corrected chi connectivity index (χ4v) is 2.47. The van der Waals surface area contributed by atoms with Gasteiger partial charge in [0.25, 0.3) is 0 Å². The molecule has 1 saturated heterocycles. The predicted molar refractivity (Wildman–Crippen MR) is 79.5 cm³/mol. The Balaban J connectivity index is 1.90. The maximum atomic E-state index is 11.0. The summed E-state index contributed by atoms with van der Waals surface area (Å²) >= 11 is 0. The van der Waals surface area contributed by atoms with Crippen molar-refractivity contribution in [2.24, 2.45) is 0 Å². The van der Waals surface area contributed by atoms with Crippen LogP contribution in [0.2, 0.25) is 0 Å². The fraction of sp³-hybridized carbons (Fsp3) is 0.533. The topological polar surface area (TPSA) is 44.4 Å². The van der Waals surface area contributed by atoms with Gasteiger partial charge in [0.05, 0.1) is 0 Å². The lowest BCUT2D eigenvalue weighted by Crippen LogP contribution is -2.22. The molecule has 0 bridgehead atoms. The van der Waals surface area contributed by atoms with E-state index >= 15 is 0 Å². The molecule has 1 heterocycles. The lowest BCUT2D eigenvalue weighted by molar-refractivity contribution is -0.114. The van der Waals surface area contributed by atoms with Gasteiger partial charge in [-0.2, -0.15) is 0 Å². The molecule has 2 rings (SSSR count). The number of carbonyl (C=O) groups excluding carboxylic acids is 1. The lowest BCUT2D eigenvalue weighted by Gasteiger charge is -2.18. The van der Waals surface area contributed by atoms with Gasteiger partial charge in [0.1, 0.15) is 0 Å². The first kappa shape index (κ1) is 13.9. The van der Waals surface area contributed by atoms with Gasteiger partial charge in [-0.05, 0) is 63.7 Å². The molecular weight excluding hydrogens is 238 g/mol. The monoisotopic (exact) mass is 261 g/mol. The molecule has 1 fully saturated rings. The Morgan fingerprint density at radius 3 is 2.53 bits per heavy atom. The molecule has 1 amide bonds. The van der Waals surface area contributed by atoms with Gasteiger partial charge in [0, 0.05) is 24.3 Å². The van der Waals surface area contributed by atoms with Crippen LogP contribution in [-0.2, 0) is 4.79 Å². The van der Waals surface area contributed by atoms with E-state index in [0.29, 0.717) is 6.04 Å². The first-order valence-electron chi connectivity index (χ1n) is 6.96. The number of hydrogen-bond donors (Lipinski definition) is 2. The Kier molecular flexibility index (Phi) is 4.80. The van der Waals surface area contributed by atoms with Crippen molar-refractivity contribution in [3.8, 4) is 0 Å². The van der Waals surface area contributed by atoms with Crippen molar-refractivity contribution in [2.45, 2.75) is 32.2 Å². The molecule has 1 aromatic carbocycles. The van der Waals surface area contributed by atoms with Crippen LogP contribution in [0.15, 0.2) is 24.3 Å². The SMILES string of the molecule is CC(=O)Nc1ccc(NC2CCCN(C)CC2)cc1. The van der Waals surface area contributed by atoms with Gasteiger partial charge in [-0.25, -0.2) is 0 Å². The second-order valence-corrected chi connectivity index (χ2v) is 5.33. The van der Waals surface area contributed by atoms with E-state index in [0.717, 1.165) is 17.9 Å². The largest absolute Gasteiger partial charge is 0.382 e. The Hall–Kier alpha value is -1.55. The number of hydrogen-bond acceptors (Lipinski definition) is 3. The van der Waals surface area contributed by atoms with Crippen molar-refractivity contribution < 1.29 is 4.79 Å². The van der Waals surface area contributed by atoms with Crippen molar-refractivity contribution in [2.75, 3.05) is 30.8 Å². The van der Waals surface area contributed by atoms with Crippen LogP contribution in [-0.4, -0.2) is 37.0 Å². The summed E-state index contributed by atoms with van der Waals surface area (Å²) in [5.41, 5.74) is 1.97. The van der Waals surface area contributed by atoms with Crippen LogP contribution in [0.3, 0.4) is 0 Å². The summed E-state index contributed by atoms with van der Waals surface area (Å²) in [6.45, 7) is 3.87. The van der Waals surface area contributed by atoms with E-state index in [1.165, 1.54) is 32.7 Å². The normalized spacial score (nSPS) is 20.6. The van der Waals surface area contributed by atoms with Crippen LogP contribution in [0.4, 0.5) is 11.4 Å². The first-order chi connectivity index (χ1) is 9.13. The number of benzene rings is 1. The average Bonchev–Trinajstić information content (AvgIpc) is 2.56. The minimum absolute atomic E-state index is 0.0347. The van der Waals surface area contributed by atoms with Crippen LogP contribution < -0.4 is 10.6 Å². The van der Waals surface area contributed by atoms with Gasteiger partial charge >= 0.3 is 0 Å². The minimum atomic E-state index is -0.0347. The molecule has 2 N–H and O–H groups in total. The van der Waals surface area contributed by atoms with Crippen molar-refractivity contribution >= 4 is 17.3 Å². The third-order valence-electron chi connectivity index (χ3n) is 3.53. The molecular formula is C15H23N3O. The van der Waals surface area contributed by atoms with E-state index in [2.05, 4.69) is 22.6 Å². The molecule has 19 heavy (non-hydrogen) atoms. The molecule has 1 atom stereocenters. The van der Waals surface area contributed by atoms with Crippen molar-refractivity contribution in [1.29, 1.82) is 0 Å². The highest BCUT2D eigenvalue weighted by Gasteiger charge is 2.14. The molecule has 0 aromatic heterocycles. The second-order valence-electron chi connectivity index (χ2n) is 5.33. The van der Waals surface area contributed by atoms with Crippen LogP contribution in [0.1, 0.15) is 26.2 Å². The Morgan fingerprint density at radius 1 is 1.16 bits per heavy atom. The summed E-state index contributed by atoms with van der Waals surface area (Å²) in [6, 6.07) is 8.48. The average molecular weight is 261 g/mol. The van der Waals surface area contributed by atoms with E-state index < -0.39 is 0 Å². The van der Waals surface area contributed by atoms with Gasteiger partial charge < -0.3 is 15.5 Å².